The summed E-state index contributed by atoms with van der Waals surface area (Å²) in [4.78, 5) is 18.9. The molecule has 3 rings (SSSR count). The quantitative estimate of drug-likeness (QED) is 0.842. The first-order valence-electron chi connectivity index (χ1n) is 6.96. The summed E-state index contributed by atoms with van der Waals surface area (Å²) in [6.45, 7) is 3.23. The second kappa shape index (κ2) is 6.17. The molecule has 2 aromatic heterocycles. The summed E-state index contributed by atoms with van der Waals surface area (Å²) < 4.78 is 9.59. The van der Waals surface area contributed by atoms with Crippen LogP contribution in [0.2, 0.25) is 0 Å². The van der Waals surface area contributed by atoms with Crippen LogP contribution in [0, 0.1) is 0 Å². The van der Waals surface area contributed by atoms with Gasteiger partial charge in [-0.15, -0.1) is 5.10 Å². The Balaban J connectivity index is 1.56. The lowest BCUT2D eigenvalue weighted by atomic mass is 10.1. The summed E-state index contributed by atoms with van der Waals surface area (Å²) in [6.07, 6.45) is 3.45. The molecule has 0 radical (unpaired) electrons. The average Bonchev–Trinajstić information content (AvgIpc) is 2.91. The number of amides is 1. The van der Waals surface area contributed by atoms with Crippen molar-refractivity contribution in [3.05, 3.63) is 35.0 Å². The maximum absolute atomic E-state index is 12.4. The predicted octanol–water partition coefficient (Wildman–Crippen LogP) is 1.79. The molecule has 0 aromatic carbocycles. The highest BCUT2D eigenvalue weighted by Crippen LogP contribution is 2.21. The number of pyridine rings is 1. The van der Waals surface area contributed by atoms with Gasteiger partial charge in [0.2, 0.25) is 5.88 Å². The lowest BCUT2D eigenvalue weighted by Gasteiger charge is -2.38. The molecule has 0 saturated carbocycles. The largest absolute Gasteiger partial charge is 0.471 e. The molecule has 0 unspecified atom stereocenters. The Morgan fingerprint density at radius 1 is 1.48 bits per heavy atom. The third kappa shape index (κ3) is 3.02. The number of ether oxygens (including phenoxy) is 1. The van der Waals surface area contributed by atoms with Crippen molar-refractivity contribution in [1.82, 2.24) is 19.5 Å². The molecule has 6 nitrogen and oxygen atoms in total. The van der Waals surface area contributed by atoms with E-state index in [1.54, 1.807) is 11.1 Å². The summed E-state index contributed by atoms with van der Waals surface area (Å²) in [5, 5.41) is 4.03. The molecule has 2 aromatic rings. The van der Waals surface area contributed by atoms with Crippen LogP contribution in [0.4, 0.5) is 0 Å². The molecule has 1 saturated heterocycles. The summed E-state index contributed by atoms with van der Waals surface area (Å²) in [5.74, 6) is 0.607. The Morgan fingerprint density at radius 2 is 2.33 bits per heavy atom. The van der Waals surface area contributed by atoms with E-state index < -0.39 is 0 Å². The van der Waals surface area contributed by atoms with Crippen molar-refractivity contribution in [2.75, 3.05) is 13.1 Å². The maximum atomic E-state index is 12.4. The molecular formula is C14H16N4O2S. The Labute approximate surface area is 126 Å². The van der Waals surface area contributed by atoms with E-state index in [2.05, 4.69) is 21.5 Å². The van der Waals surface area contributed by atoms with Crippen LogP contribution in [0.25, 0.3) is 0 Å². The third-order valence-electron chi connectivity index (χ3n) is 3.30. The van der Waals surface area contributed by atoms with Crippen molar-refractivity contribution < 1.29 is 9.53 Å². The summed E-state index contributed by atoms with van der Waals surface area (Å²) >= 11 is 1.17. The Hall–Kier alpha value is -2.02. The van der Waals surface area contributed by atoms with Gasteiger partial charge in [-0.2, -0.15) is 0 Å². The summed E-state index contributed by atoms with van der Waals surface area (Å²) in [6, 6.07) is 5.54. The summed E-state index contributed by atoms with van der Waals surface area (Å²) in [7, 11) is 0. The topological polar surface area (TPSA) is 68.2 Å². The van der Waals surface area contributed by atoms with Gasteiger partial charge in [-0.3, -0.25) is 4.79 Å². The van der Waals surface area contributed by atoms with E-state index in [1.165, 1.54) is 11.5 Å². The standard InChI is InChI=1S/C14H16N4O2S/c1-2-5-11-13(21-17-16-11)14(19)18-8-10(9-18)20-12-6-3-4-7-15-12/h3-4,6-7,10H,2,5,8-9H2,1H3. The highest BCUT2D eigenvalue weighted by atomic mass is 32.1. The van der Waals surface area contributed by atoms with Crippen LogP contribution >= 0.6 is 11.5 Å². The number of carbonyl (C=O) groups excluding carboxylic acids is 1. The van der Waals surface area contributed by atoms with E-state index in [4.69, 9.17) is 4.74 Å². The van der Waals surface area contributed by atoms with Crippen molar-refractivity contribution in [3.8, 4) is 5.88 Å². The molecule has 110 valence electrons. The number of aromatic nitrogens is 3. The molecule has 1 aliphatic heterocycles. The maximum Gasteiger partial charge on any atom is 0.267 e. The van der Waals surface area contributed by atoms with E-state index in [1.807, 2.05) is 18.2 Å². The van der Waals surface area contributed by atoms with Gasteiger partial charge in [-0.05, 0) is 24.0 Å². The van der Waals surface area contributed by atoms with Crippen molar-refractivity contribution in [2.45, 2.75) is 25.9 Å². The molecule has 0 bridgehead atoms. The summed E-state index contributed by atoms with van der Waals surface area (Å²) in [5.41, 5.74) is 0.807. The molecule has 1 fully saturated rings. The minimum atomic E-state index is 0.00863. The zero-order valence-corrected chi connectivity index (χ0v) is 12.5. The Kier molecular flexibility index (Phi) is 4.10. The van der Waals surface area contributed by atoms with Crippen LogP contribution in [0.5, 0.6) is 5.88 Å². The number of nitrogens with zero attached hydrogens (tertiary/aromatic N) is 4. The first-order valence-corrected chi connectivity index (χ1v) is 7.73. The number of aryl methyl sites for hydroxylation is 1. The zero-order valence-electron chi connectivity index (χ0n) is 11.7. The van der Waals surface area contributed by atoms with E-state index in [-0.39, 0.29) is 12.0 Å². The second-order valence-electron chi connectivity index (χ2n) is 4.92. The third-order valence-corrected chi connectivity index (χ3v) is 4.05. The molecule has 0 atom stereocenters. The van der Waals surface area contributed by atoms with Gasteiger partial charge in [-0.25, -0.2) is 4.98 Å². The van der Waals surface area contributed by atoms with Gasteiger partial charge < -0.3 is 9.64 Å². The molecule has 0 spiro atoms. The molecular weight excluding hydrogens is 288 g/mol. The van der Waals surface area contributed by atoms with Crippen LogP contribution in [0.1, 0.15) is 28.7 Å². The number of hydrogen-bond donors (Lipinski definition) is 0. The fourth-order valence-electron chi connectivity index (χ4n) is 2.18. The molecule has 3 heterocycles. The monoisotopic (exact) mass is 304 g/mol. The Morgan fingerprint density at radius 3 is 3.05 bits per heavy atom. The molecule has 1 aliphatic rings. The molecule has 21 heavy (non-hydrogen) atoms. The molecule has 0 N–H and O–H groups in total. The normalized spacial score (nSPS) is 14.8. The Bertz CT molecular complexity index is 610. The number of carbonyl (C=O) groups is 1. The number of likely N-dealkylation sites (tertiary alicyclic amines) is 1. The lowest BCUT2D eigenvalue weighted by molar-refractivity contribution is 0.0163. The fraction of sp³-hybridized carbons (Fsp3) is 0.429. The van der Waals surface area contributed by atoms with Crippen molar-refractivity contribution in [2.24, 2.45) is 0 Å². The number of hydrogen-bond acceptors (Lipinski definition) is 6. The van der Waals surface area contributed by atoms with Gasteiger partial charge in [-0.1, -0.05) is 23.9 Å². The smallest absolute Gasteiger partial charge is 0.267 e. The van der Waals surface area contributed by atoms with E-state index in [0.29, 0.717) is 23.8 Å². The van der Waals surface area contributed by atoms with E-state index in [0.717, 1.165) is 18.5 Å². The van der Waals surface area contributed by atoms with Crippen LogP contribution in [-0.2, 0) is 6.42 Å². The molecule has 7 heteroatoms. The van der Waals surface area contributed by atoms with E-state index >= 15 is 0 Å². The van der Waals surface area contributed by atoms with Gasteiger partial charge in [0.05, 0.1) is 18.8 Å². The average molecular weight is 304 g/mol. The van der Waals surface area contributed by atoms with Crippen molar-refractivity contribution in [1.29, 1.82) is 0 Å². The van der Waals surface area contributed by atoms with Crippen LogP contribution in [0.3, 0.4) is 0 Å². The highest BCUT2D eigenvalue weighted by Gasteiger charge is 2.34. The molecule has 0 aliphatic carbocycles. The van der Waals surface area contributed by atoms with E-state index in [9.17, 15) is 4.79 Å². The first kappa shape index (κ1) is 13.9. The van der Waals surface area contributed by atoms with Crippen molar-refractivity contribution >= 4 is 17.4 Å². The predicted molar refractivity (Wildman–Crippen MR) is 78.5 cm³/mol. The SMILES string of the molecule is CCCc1nnsc1C(=O)N1CC(Oc2ccccn2)C1. The first-order chi connectivity index (χ1) is 10.3. The van der Waals surface area contributed by atoms with Crippen LogP contribution in [0.15, 0.2) is 24.4 Å². The van der Waals surface area contributed by atoms with Gasteiger partial charge in [0, 0.05) is 12.3 Å². The van der Waals surface area contributed by atoms with Crippen LogP contribution < -0.4 is 4.74 Å². The van der Waals surface area contributed by atoms with Crippen molar-refractivity contribution in [3.63, 3.8) is 0 Å². The number of rotatable bonds is 5. The second-order valence-corrected chi connectivity index (χ2v) is 5.67. The van der Waals surface area contributed by atoms with Gasteiger partial charge in [0.15, 0.2) is 0 Å². The zero-order chi connectivity index (χ0) is 14.7. The highest BCUT2D eigenvalue weighted by molar-refractivity contribution is 7.08. The van der Waals surface area contributed by atoms with Gasteiger partial charge in [0.1, 0.15) is 11.0 Å². The molecule has 1 amide bonds. The minimum absolute atomic E-state index is 0.00863. The fourth-order valence-corrected chi connectivity index (χ4v) is 2.86. The van der Waals surface area contributed by atoms with Gasteiger partial charge in [0.25, 0.3) is 5.91 Å². The minimum Gasteiger partial charge on any atom is -0.471 e. The lowest BCUT2D eigenvalue weighted by Crippen LogP contribution is -2.56. The van der Waals surface area contributed by atoms with Gasteiger partial charge >= 0.3 is 0 Å². The van der Waals surface area contributed by atoms with Crippen LogP contribution in [-0.4, -0.2) is 44.6 Å².